The summed E-state index contributed by atoms with van der Waals surface area (Å²) < 4.78 is 0.691. The van der Waals surface area contributed by atoms with Gasteiger partial charge in [-0.25, -0.2) is 4.68 Å². The van der Waals surface area contributed by atoms with Crippen molar-refractivity contribution in [1.82, 2.24) is 9.78 Å². The standard InChI is InChI=1S/C16H13Cl4N3/c1-8-4-11(17)13(12(18)5-8)23-9(2)10(6-21)14(22-23)15(3)7-16(15,19)20/h4-5H,7H2,1-3H3. The summed E-state index contributed by atoms with van der Waals surface area (Å²) in [5.74, 6) is 0. The van der Waals surface area contributed by atoms with Crippen molar-refractivity contribution >= 4 is 46.4 Å². The van der Waals surface area contributed by atoms with E-state index in [1.165, 1.54) is 0 Å². The number of rotatable bonds is 2. The third-order valence-electron chi connectivity index (χ3n) is 4.38. The molecular formula is C16H13Cl4N3. The largest absolute Gasteiger partial charge is 0.233 e. The van der Waals surface area contributed by atoms with E-state index in [9.17, 15) is 5.26 Å². The molecule has 7 heteroatoms. The SMILES string of the molecule is Cc1cc(Cl)c(-n2nc(C3(C)CC3(Cl)Cl)c(C#N)c2C)c(Cl)c1. The zero-order valence-corrected chi connectivity index (χ0v) is 15.7. The fourth-order valence-electron chi connectivity index (χ4n) is 2.79. The minimum atomic E-state index is -0.912. The van der Waals surface area contributed by atoms with Crippen molar-refractivity contribution in [2.24, 2.45) is 0 Å². The molecule has 1 saturated carbocycles. The van der Waals surface area contributed by atoms with Crippen LogP contribution in [0.15, 0.2) is 12.1 Å². The summed E-state index contributed by atoms with van der Waals surface area (Å²) in [6.45, 7) is 5.61. The Balaban J connectivity index is 2.25. The summed E-state index contributed by atoms with van der Waals surface area (Å²) in [5, 5.41) is 15.1. The first kappa shape index (κ1) is 16.9. The molecule has 2 aromatic rings. The summed E-state index contributed by atoms with van der Waals surface area (Å²) in [6.07, 6.45) is 0.545. The van der Waals surface area contributed by atoms with E-state index in [4.69, 9.17) is 46.4 Å². The van der Waals surface area contributed by atoms with E-state index in [1.54, 1.807) is 11.6 Å². The van der Waals surface area contributed by atoms with Crippen molar-refractivity contribution in [1.29, 1.82) is 5.26 Å². The smallest absolute Gasteiger partial charge is 0.130 e. The van der Waals surface area contributed by atoms with E-state index in [0.717, 1.165) is 5.56 Å². The fourth-order valence-corrected chi connectivity index (χ4v) is 4.26. The van der Waals surface area contributed by atoms with Gasteiger partial charge >= 0.3 is 0 Å². The van der Waals surface area contributed by atoms with E-state index in [2.05, 4.69) is 11.2 Å². The maximum Gasteiger partial charge on any atom is 0.130 e. The van der Waals surface area contributed by atoms with E-state index in [1.807, 2.05) is 26.0 Å². The summed E-state index contributed by atoms with van der Waals surface area (Å²) in [6, 6.07) is 5.82. The van der Waals surface area contributed by atoms with Crippen LogP contribution in [0.4, 0.5) is 0 Å². The Labute approximate surface area is 154 Å². The van der Waals surface area contributed by atoms with Crippen LogP contribution in [0.5, 0.6) is 0 Å². The summed E-state index contributed by atoms with van der Waals surface area (Å²) in [5.41, 5.74) is 2.65. The molecule has 1 unspecified atom stereocenters. The van der Waals surface area contributed by atoms with Gasteiger partial charge in [0.25, 0.3) is 0 Å². The number of hydrogen-bond acceptors (Lipinski definition) is 2. The lowest BCUT2D eigenvalue weighted by atomic mass is 10.0. The van der Waals surface area contributed by atoms with Crippen LogP contribution in [0.25, 0.3) is 5.69 Å². The molecule has 120 valence electrons. The molecule has 3 rings (SSSR count). The molecule has 0 bridgehead atoms. The molecule has 0 N–H and O–H groups in total. The van der Waals surface area contributed by atoms with Gasteiger partial charge in [-0.3, -0.25) is 0 Å². The highest BCUT2D eigenvalue weighted by molar-refractivity contribution is 6.52. The van der Waals surface area contributed by atoms with E-state index >= 15 is 0 Å². The Hall–Kier alpha value is -0.920. The lowest BCUT2D eigenvalue weighted by molar-refractivity contribution is 0.704. The van der Waals surface area contributed by atoms with E-state index < -0.39 is 9.75 Å². The first-order chi connectivity index (χ1) is 10.6. The average Bonchev–Trinajstić information content (AvgIpc) is 2.78. The van der Waals surface area contributed by atoms with Gasteiger partial charge in [-0.15, -0.1) is 23.2 Å². The van der Waals surface area contributed by atoms with Gasteiger partial charge in [0.2, 0.25) is 0 Å². The number of halogens is 4. The van der Waals surface area contributed by atoms with Gasteiger partial charge in [-0.2, -0.15) is 10.4 Å². The summed E-state index contributed by atoms with van der Waals surface area (Å²) in [7, 11) is 0. The van der Waals surface area contributed by atoms with E-state index in [0.29, 0.717) is 39.1 Å². The highest BCUT2D eigenvalue weighted by atomic mass is 35.5. The number of aryl methyl sites for hydroxylation is 1. The van der Waals surface area contributed by atoms with Crippen molar-refractivity contribution in [2.75, 3.05) is 0 Å². The molecule has 1 aromatic heterocycles. The molecule has 1 aliphatic rings. The number of benzene rings is 1. The molecule has 0 amide bonds. The number of nitrogens with zero attached hydrogens (tertiary/aromatic N) is 3. The second-order valence-corrected chi connectivity index (χ2v) is 8.42. The minimum Gasteiger partial charge on any atom is -0.233 e. The third-order valence-corrected chi connectivity index (χ3v) is 6.06. The molecule has 0 radical (unpaired) electrons. The monoisotopic (exact) mass is 387 g/mol. The van der Waals surface area contributed by atoms with Crippen LogP contribution in [-0.4, -0.2) is 14.1 Å². The molecular weight excluding hydrogens is 376 g/mol. The zero-order valence-electron chi connectivity index (χ0n) is 12.7. The summed E-state index contributed by atoms with van der Waals surface area (Å²) >= 11 is 25.2. The second kappa shape index (κ2) is 5.29. The molecule has 1 aliphatic carbocycles. The molecule has 1 aromatic carbocycles. The molecule has 23 heavy (non-hydrogen) atoms. The lowest BCUT2D eigenvalue weighted by Gasteiger charge is -2.11. The average molecular weight is 389 g/mol. The molecule has 1 atom stereocenters. The third kappa shape index (κ3) is 2.44. The Morgan fingerprint density at radius 3 is 2.17 bits per heavy atom. The van der Waals surface area contributed by atoms with Gasteiger partial charge in [0.1, 0.15) is 16.1 Å². The maximum absolute atomic E-state index is 9.55. The molecule has 0 spiro atoms. The van der Waals surface area contributed by atoms with Crippen LogP contribution in [0, 0.1) is 25.2 Å². The Kier molecular flexibility index (Phi) is 3.89. The number of nitriles is 1. The lowest BCUT2D eigenvalue weighted by Crippen LogP contribution is -2.13. The van der Waals surface area contributed by atoms with Gasteiger partial charge in [0, 0.05) is 5.41 Å². The van der Waals surface area contributed by atoms with Crippen molar-refractivity contribution in [3.63, 3.8) is 0 Å². The highest BCUT2D eigenvalue weighted by Gasteiger charge is 2.66. The van der Waals surface area contributed by atoms with Crippen LogP contribution >= 0.6 is 46.4 Å². The maximum atomic E-state index is 9.55. The van der Waals surface area contributed by atoms with E-state index in [-0.39, 0.29) is 0 Å². The zero-order chi connectivity index (χ0) is 17.2. The number of hydrogen-bond donors (Lipinski definition) is 0. The predicted molar refractivity (Wildman–Crippen MR) is 94.2 cm³/mol. The van der Waals surface area contributed by atoms with Gasteiger partial charge in [0.05, 0.1) is 27.0 Å². The molecule has 0 aliphatic heterocycles. The van der Waals surface area contributed by atoms with Crippen LogP contribution in [0.2, 0.25) is 10.0 Å². The number of aromatic nitrogens is 2. The van der Waals surface area contributed by atoms with Gasteiger partial charge in [-0.1, -0.05) is 30.1 Å². The van der Waals surface area contributed by atoms with Gasteiger partial charge in [-0.05, 0) is 38.0 Å². The second-order valence-electron chi connectivity index (χ2n) is 6.12. The molecule has 1 fully saturated rings. The Morgan fingerprint density at radius 1 is 1.22 bits per heavy atom. The quantitative estimate of drug-likeness (QED) is 0.637. The topological polar surface area (TPSA) is 41.6 Å². The van der Waals surface area contributed by atoms with Gasteiger partial charge < -0.3 is 0 Å². The van der Waals surface area contributed by atoms with Crippen LogP contribution in [-0.2, 0) is 5.41 Å². The van der Waals surface area contributed by atoms with Crippen molar-refractivity contribution in [3.8, 4) is 11.8 Å². The molecule has 0 saturated heterocycles. The Morgan fingerprint density at radius 2 is 1.74 bits per heavy atom. The fraction of sp³-hybridized carbons (Fsp3) is 0.375. The minimum absolute atomic E-state index is 0.461. The first-order valence-corrected chi connectivity index (χ1v) is 8.47. The Bertz CT molecular complexity index is 840. The van der Waals surface area contributed by atoms with Crippen molar-refractivity contribution in [2.45, 2.75) is 36.9 Å². The van der Waals surface area contributed by atoms with Crippen LogP contribution in [0.1, 0.15) is 35.9 Å². The van der Waals surface area contributed by atoms with Gasteiger partial charge in [0.15, 0.2) is 0 Å². The summed E-state index contributed by atoms with van der Waals surface area (Å²) in [4.78, 5) is 0. The first-order valence-electron chi connectivity index (χ1n) is 6.96. The van der Waals surface area contributed by atoms with Crippen molar-refractivity contribution < 1.29 is 0 Å². The highest BCUT2D eigenvalue weighted by Crippen LogP contribution is 2.64. The molecule has 1 heterocycles. The number of alkyl halides is 2. The van der Waals surface area contributed by atoms with Crippen LogP contribution in [0.3, 0.4) is 0 Å². The normalized spacial score (nSPS) is 22.0. The predicted octanol–water partition coefficient (Wildman–Crippen LogP) is 5.50. The van der Waals surface area contributed by atoms with Crippen molar-refractivity contribution in [3.05, 3.63) is 44.7 Å². The molecule has 3 nitrogen and oxygen atoms in total. The van der Waals surface area contributed by atoms with Crippen LogP contribution < -0.4 is 0 Å².